The summed E-state index contributed by atoms with van der Waals surface area (Å²) in [6.45, 7) is 1.51. The Hall–Kier alpha value is -2.67. The van der Waals surface area contributed by atoms with Crippen molar-refractivity contribution in [3.8, 4) is 0 Å². The molecule has 2 aromatic rings. The van der Waals surface area contributed by atoms with Crippen LogP contribution < -0.4 is 0 Å². The van der Waals surface area contributed by atoms with E-state index in [0.29, 0.717) is 27.4 Å². The normalized spacial score (nSPS) is 30.2. The summed E-state index contributed by atoms with van der Waals surface area (Å²) in [5, 5.41) is 2.74. The Balaban J connectivity index is 1.42. The van der Waals surface area contributed by atoms with Crippen molar-refractivity contribution in [2.75, 3.05) is 0 Å². The molecule has 3 amide bonds. The van der Waals surface area contributed by atoms with Crippen molar-refractivity contribution in [3.63, 3.8) is 0 Å². The first-order chi connectivity index (χ1) is 17.2. The third-order valence-electron chi connectivity index (χ3n) is 8.10. The second-order valence-electron chi connectivity index (χ2n) is 9.96. The molecule has 0 aromatic heterocycles. The second kappa shape index (κ2) is 8.44. The third-order valence-corrected chi connectivity index (χ3v) is 8.90. The molecule has 5 aliphatic rings. The zero-order valence-electron chi connectivity index (χ0n) is 19.1. The maximum absolute atomic E-state index is 13.9. The van der Waals surface area contributed by atoms with E-state index in [1.807, 2.05) is 0 Å². The highest BCUT2D eigenvalue weighted by Gasteiger charge is 2.68. The number of carbonyl (C=O) groups excluding carboxylic acids is 4. The Morgan fingerprint density at radius 1 is 0.889 bits per heavy atom. The number of hydrazine groups is 1. The lowest BCUT2D eigenvalue weighted by Crippen LogP contribution is -2.56. The largest absolute Gasteiger partial charge is 0.292 e. The van der Waals surface area contributed by atoms with Crippen molar-refractivity contribution in [1.29, 1.82) is 0 Å². The zero-order chi connectivity index (χ0) is 25.5. The topological polar surface area (TPSA) is 74.8 Å². The molecule has 0 spiro atoms. The smallest absolute Gasteiger partial charge is 0.275 e. The van der Waals surface area contributed by atoms with Crippen molar-refractivity contribution in [2.24, 2.45) is 35.5 Å². The number of imide groups is 1. The Morgan fingerprint density at radius 2 is 1.44 bits per heavy atom. The van der Waals surface area contributed by atoms with Gasteiger partial charge in [0.05, 0.1) is 22.4 Å². The summed E-state index contributed by atoms with van der Waals surface area (Å²) < 4.78 is 0. The van der Waals surface area contributed by atoms with Gasteiger partial charge in [0.15, 0.2) is 5.78 Å². The first-order valence-corrected chi connectivity index (χ1v) is 13.0. The molecule has 2 bridgehead atoms. The molecule has 2 saturated carbocycles. The predicted octanol–water partition coefficient (Wildman–Crippen LogP) is 5.33. The molecule has 7 rings (SSSR count). The number of benzene rings is 2. The molecule has 184 valence electrons. The van der Waals surface area contributed by atoms with Crippen LogP contribution in [0, 0.1) is 35.5 Å². The van der Waals surface area contributed by atoms with Gasteiger partial charge in [-0.1, -0.05) is 47.0 Å². The van der Waals surface area contributed by atoms with E-state index in [1.54, 1.807) is 24.3 Å². The van der Waals surface area contributed by atoms with E-state index < -0.39 is 41.4 Å². The number of halogens is 3. The second-order valence-corrected chi connectivity index (χ2v) is 11.2. The lowest BCUT2D eigenvalue weighted by atomic mass is 9.63. The molecule has 0 N–H and O–H groups in total. The molecule has 9 heteroatoms. The minimum absolute atomic E-state index is 0.0233. The van der Waals surface area contributed by atoms with Gasteiger partial charge in [-0.2, -0.15) is 5.01 Å². The van der Waals surface area contributed by atoms with Crippen LogP contribution in [-0.2, 0) is 9.59 Å². The Bertz CT molecular complexity index is 1320. The fourth-order valence-corrected chi connectivity index (χ4v) is 6.96. The van der Waals surface area contributed by atoms with Crippen molar-refractivity contribution in [1.82, 2.24) is 10.0 Å². The van der Waals surface area contributed by atoms with Crippen LogP contribution in [0.1, 0.15) is 34.1 Å². The zero-order valence-corrected chi connectivity index (χ0v) is 21.4. The minimum Gasteiger partial charge on any atom is -0.292 e. The van der Waals surface area contributed by atoms with Crippen molar-refractivity contribution in [2.45, 2.75) is 19.4 Å². The fraction of sp³-hybridized carbons (Fsp3) is 0.333. The van der Waals surface area contributed by atoms with Crippen LogP contribution in [0.3, 0.4) is 0 Å². The summed E-state index contributed by atoms with van der Waals surface area (Å²) in [5.74, 6) is -2.33. The van der Waals surface area contributed by atoms with Crippen molar-refractivity contribution in [3.05, 3.63) is 80.8 Å². The monoisotopic (exact) mass is 542 g/mol. The molecular weight excluding hydrogens is 523 g/mol. The maximum atomic E-state index is 13.9. The summed E-state index contributed by atoms with van der Waals surface area (Å²) >= 11 is 18.3. The molecule has 7 atom stereocenters. The van der Waals surface area contributed by atoms with Gasteiger partial charge < -0.3 is 0 Å². The molecule has 0 radical (unpaired) electrons. The van der Waals surface area contributed by atoms with Crippen LogP contribution in [0.15, 0.2) is 54.6 Å². The van der Waals surface area contributed by atoms with Gasteiger partial charge >= 0.3 is 0 Å². The molecule has 4 aliphatic carbocycles. The van der Waals surface area contributed by atoms with E-state index in [4.69, 9.17) is 34.8 Å². The molecular formula is C27H21Cl3N2O4. The minimum atomic E-state index is -1.17. The molecule has 0 unspecified atom stereocenters. The van der Waals surface area contributed by atoms with Gasteiger partial charge in [-0.15, -0.1) is 0 Å². The first kappa shape index (κ1) is 23.7. The number of rotatable bonds is 5. The third kappa shape index (κ3) is 3.46. The number of carbonyl (C=O) groups is 4. The molecule has 6 nitrogen and oxygen atoms in total. The molecule has 1 saturated heterocycles. The van der Waals surface area contributed by atoms with Crippen LogP contribution in [0.25, 0.3) is 0 Å². The van der Waals surface area contributed by atoms with Gasteiger partial charge in [0.1, 0.15) is 6.04 Å². The summed E-state index contributed by atoms with van der Waals surface area (Å²) in [4.78, 5) is 55.1. The number of allylic oxidation sites excluding steroid dienone is 2. The van der Waals surface area contributed by atoms with Gasteiger partial charge in [0.2, 0.25) is 0 Å². The summed E-state index contributed by atoms with van der Waals surface area (Å²) in [6, 6.07) is 9.39. The lowest BCUT2D eigenvalue weighted by molar-refractivity contribution is -0.156. The average Bonchev–Trinajstić information content (AvgIpc) is 3.64. The molecule has 3 fully saturated rings. The highest BCUT2D eigenvalue weighted by Crippen LogP contribution is 2.65. The van der Waals surface area contributed by atoms with E-state index in [9.17, 15) is 19.2 Å². The van der Waals surface area contributed by atoms with Gasteiger partial charge in [-0.05, 0) is 79.5 Å². The van der Waals surface area contributed by atoms with E-state index in [0.717, 1.165) is 16.4 Å². The van der Waals surface area contributed by atoms with Gasteiger partial charge in [0, 0.05) is 15.6 Å². The number of hydrogen-bond acceptors (Lipinski definition) is 4. The van der Waals surface area contributed by atoms with Crippen molar-refractivity contribution >= 4 is 58.3 Å². The van der Waals surface area contributed by atoms with Gasteiger partial charge in [-0.25, -0.2) is 5.01 Å². The maximum Gasteiger partial charge on any atom is 0.275 e. The van der Waals surface area contributed by atoms with Crippen LogP contribution in [-0.4, -0.2) is 39.6 Å². The van der Waals surface area contributed by atoms with E-state index in [-0.39, 0.29) is 22.4 Å². The Morgan fingerprint density at radius 3 is 2.00 bits per heavy atom. The number of hydrogen-bond donors (Lipinski definition) is 0. The quantitative estimate of drug-likeness (QED) is 0.290. The number of nitrogens with zero attached hydrogens (tertiary/aromatic N) is 2. The van der Waals surface area contributed by atoms with Crippen molar-refractivity contribution < 1.29 is 19.2 Å². The molecule has 2 aromatic carbocycles. The van der Waals surface area contributed by atoms with Crippen LogP contribution in [0.4, 0.5) is 0 Å². The fourth-order valence-electron chi connectivity index (χ4n) is 6.35. The standard InChI is InChI=1S/C27H21Cl3N2O4/c1-12(24(33)13-2-4-14(28)5-3-13)31(25(34)18-7-6-15(29)10-21(18)30)32-26(35)22-16-8-9-17(20-11-19(16)20)23(22)27(32)36/h2-10,12,16-17,19-20,22-23H,11H2,1H3/t12-,16+,17+,19-,20+,22-,23-/m1/s1. The van der Waals surface area contributed by atoms with Crippen LogP contribution in [0.2, 0.25) is 15.1 Å². The molecule has 1 aliphatic heterocycles. The summed E-state index contributed by atoms with van der Waals surface area (Å²) in [5.41, 5.74) is 0.336. The molecule has 1 heterocycles. The lowest BCUT2D eigenvalue weighted by Gasteiger charge is -2.37. The van der Waals surface area contributed by atoms with E-state index in [2.05, 4.69) is 12.2 Å². The number of ketones is 1. The Labute approximate surface area is 222 Å². The number of amides is 3. The highest BCUT2D eigenvalue weighted by atomic mass is 35.5. The van der Waals surface area contributed by atoms with Crippen LogP contribution >= 0.6 is 34.8 Å². The predicted molar refractivity (Wildman–Crippen MR) is 134 cm³/mol. The molecule has 36 heavy (non-hydrogen) atoms. The first-order valence-electron chi connectivity index (χ1n) is 11.8. The summed E-state index contributed by atoms with van der Waals surface area (Å²) in [6.07, 6.45) is 5.13. The van der Waals surface area contributed by atoms with E-state index in [1.165, 1.54) is 25.1 Å². The Kier molecular flexibility index (Phi) is 5.56. The van der Waals surface area contributed by atoms with Gasteiger partial charge in [0.25, 0.3) is 17.7 Å². The van der Waals surface area contributed by atoms with E-state index >= 15 is 0 Å². The van der Waals surface area contributed by atoms with Crippen LogP contribution in [0.5, 0.6) is 0 Å². The van der Waals surface area contributed by atoms with Gasteiger partial charge in [-0.3, -0.25) is 19.2 Å². The SMILES string of the molecule is C[C@H](C(=O)c1ccc(Cl)cc1)N(C(=O)c1ccc(Cl)cc1Cl)N1C(=O)[C@@H]2[C@H]3C=C[C@@H]([C@@H]4C[C@H]34)[C@H]2C1=O. The average molecular weight is 544 g/mol. The highest BCUT2D eigenvalue weighted by molar-refractivity contribution is 6.37. The summed E-state index contributed by atoms with van der Waals surface area (Å²) in [7, 11) is 0. The number of Topliss-reactive ketones (excluding diaryl/α,β-unsaturated/α-hetero) is 1.